The Morgan fingerprint density at radius 1 is 0.909 bits per heavy atom. The molecule has 3 aromatic carbocycles. The molecule has 0 aliphatic carbocycles. The summed E-state index contributed by atoms with van der Waals surface area (Å²) < 4.78 is 16.3. The van der Waals surface area contributed by atoms with E-state index in [2.05, 4.69) is 5.16 Å². The maximum Gasteiger partial charge on any atom is 0.258 e. The minimum absolute atomic E-state index is 0.212. The van der Waals surface area contributed by atoms with Gasteiger partial charge in [0.25, 0.3) is 5.89 Å². The lowest BCUT2D eigenvalue weighted by Gasteiger charge is -2.20. The standard InChI is InChI=1S/C25H21ClN4O3/c1-31-22-13-10-17(14-23(22)32-2)25-27-24(29-33-25)21-15-20(16-8-11-18(26)12-9-16)28-30(21)19-6-4-3-5-7-19/h3-14,21H,15H2,1-2H3. The molecule has 33 heavy (non-hydrogen) atoms. The van der Waals surface area contributed by atoms with Crippen LogP contribution in [0.4, 0.5) is 5.69 Å². The first-order chi connectivity index (χ1) is 16.2. The number of ether oxygens (including phenoxy) is 2. The van der Waals surface area contributed by atoms with E-state index in [4.69, 9.17) is 35.7 Å². The van der Waals surface area contributed by atoms with Gasteiger partial charge < -0.3 is 14.0 Å². The van der Waals surface area contributed by atoms with Gasteiger partial charge in [0.05, 0.1) is 25.6 Å². The molecule has 0 saturated carbocycles. The van der Waals surface area contributed by atoms with E-state index in [1.165, 1.54) is 0 Å². The smallest absolute Gasteiger partial charge is 0.258 e. The molecule has 0 saturated heterocycles. The predicted molar refractivity (Wildman–Crippen MR) is 127 cm³/mol. The van der Waals surface area contributed by atoms with E-state index in [1.807, 2.05) is 77.8 Å². The lowest BCUT2D eigenvalue weighted by molar-refractivity contribution is 0.354. The summed E-state index contributed by atoms with van der Waals surface area (Å²) in [6.45, 7) is 0. The van der Waals surface area contributed by atoms with Crippen molar-refractivity contribution in [2.24, 2.45) is 5.10 Å². The van der Waals surface area contributed by atoms with Crippen molar-refractivity contribution in [3.05, 3.63) is 89.2 Å². The summed E-state index contributed by atoms with van der Waals surface area (Å²) in [5, 5.41) is 11.8. The number of halogens is 1. The third-order valence-corrected chi connectivity index (χ3v) is 5.73. The Balaban J connectivity index is 1.49. The normalized spacial score (nSPS) is 15.4. The average molecular weight is 461 g/mol. The largest absolute Gasteiger partial charge is 0.493 e. The molecule has 4 aromatic rings. The van der Waals surface area contributed by atoms with E-state index in [0.717, 1.165) is 22.5 Å². The first kappa shape index (κ1) is 21.0. The minimum atomic E-state index is -0.212. The minimum Gasteiger partial charge on any atom is -0.493 e. The number of aromatic nitrogens is 2. The monoisotopic (exact) mass is 460 g/mol. The zero-order valence-electron chi connectivity index (χ0n) is 18.1. The Morgan fingerprint density at radius 2 is 1.64 bits per heavy atom. The van der Waals surface area contributed by atoms with Crippen molar-refractivity contribution in [1.82, 2.24) is 10.1 Å². The number of hydrogen-bond donors (Lipinski definition) is 0. The lowest BCUT2D eigenvalue weighted by Crippen LogP contribution is -2.19. The Kier molecular flexibility index (Phi) is 5.71. The van der Waals surface area contributed by atoms with Crippen molar-refractivity contribution in [2.75, 3.05) is 19.2 Å². The molecule has 1 unspecified atom stereocenters. The van der Waals surface area contributed by atoms with Crippen molar-refractivity contribution in [3.8, 4) is 23.0 Å². The second-order valence-electron chi connectivity index (χ2n) is 7.48. The summed E-state index contributed by atoms with van der Waals surface area (Å²) in [6, 6.07) is 22.9. The van der Waals surface area contributed by atoms with Gasteiger partial charge in [-0.05, 0) is 48.0 Å². The maximum absolute atomic E-state index is 6.07. The third kappa shape index (κ3) is 4.15. The van der Waals surface area contributed by atoms with Crippen LogP contribution in [0.5, 0.6) is 11.5 Å². The van der Waals surface area contributed by atoms with Crippen molar-refractivity contribution in [2.45, 2.75) is 12.5 Å². The van der Waals surface area contributed by atoms with Crippen LogP contribution in [0.15, 0.2) is 82.4 Å². The molecule has 1 aromatic heterocycles. The number of hydrogen-bond acceptors (Lipinski definition) is 7. The van der Waals surface area contributed by atoms with Gasteiger partial charge in [-0.3, -0.25) is 5.01 Å². The fourth-order valence-electron chi connectivity index (χ4n) is 3.80. The van der Waals surface area contributed by atoms with Crippen molar-refractivity contribution in [3.63, 3.8) is 0 Å². The molecule has 7 nitrogen and oxygen atoms in total. The molecule has 0 fully saturated rings. The van der Waals surface area contributed by atoms with E-state index >= 15 is 0 Å². The van der Waals surface area contributed by atoms with Gasteiger partial charge >= 0.3 is 0 Å². The zero-order valence-corrected chi connectivity index (χ0v) is 18.9. The number of anilines is 1. The summed E-state index contributed by atoms with van der Waals surface area (Å²) in [4.78, 5) is 4.70. The quantitative estimate of drug-likeness (QED) is 0.364. The van der Waals surface area contributed by atoms with Crippen LogP contribution < -0.4 is 14.5 Å². The molecule has 8 heteroatoms. The van der Waals surface area contributed by atoms with Crippen LogP contribution in [0.2, 0.25) is 5.02 Å². The van der Waals surface area contributed by atoms with Crippen LogP contribution >= 0.6 is 11.6 Å². The average Bonchev–Trinajstić information content (AvgIpc) is 3.52. The van der Waals surface area contributed by atoms with Crippen LogP contribution in [0, 0.1) is 0 Å². The van der Waals surface area contributed by atoms with Crippen LogP contribution in [0.1, 0.15) is 23.9 Å². The van der Waals surface area contributed by atoms with Crippen LogP contribution in [-0.2, 0) is 0 Å². The fourth-order valence-corrected chi connectivity index (χ4v) is 3.93. The molecule has 0 amide bonds. The lowest BCUT2D eigenvalue weighted by atomic mass is 10.0. The van der Waals surface area contributed by atoms with Crippen molar-refractivity contribution in [1.29, 1.82) is 0 Å². The number of para-hydroxylation sites is 1. The summed E-state index contributed by atoms with van der Waals surface area (Å²) in [6.07, 6.45) is 0.626. The highest BCUT2D eigenvalue weighted by atomic mass is 35.5. The van der Waals surface area contributed by atoms with E-state index in [1.54, 1.807) is 14.2 Å². The van der Waals surface area contributed by atoms with E-state index in [-0.39, 0.29) is 6.04 Å². The molecule has 1 aliphatic heterocycles. The summed E-state index contributed by atoms with van der Waals surface area (Å²) >= 11 is 6.07. The van der Waals surface area contributed by atoms with Crippen molar-refractivity contribution < 1.29 is 14.0 Å². The summed E-state index contributed by atoms with van der Waals surface area (Å²) in [5.74, 6) is 2.18. The molecule has 1 atom stereocenters. The van der Waals surface area contributed by atoms with Gasteiger partial charge in [-0.1, -0.05) is 47.1 Å². The number of hydrazone groups is 1. The van der Waals surface area contributed by atoms with Gasteiger partial charge in [0.15, 0.2) is 17.3 Å². The second-order valence-corrected chi connectivity index (χ2v) is 7.92. The van der Waals surface area contributed by atoms with E-state index < -0.39 is 0 Å². The van der Waals surface area contributed by atoms with Gasteiger partial charge in [-0.2, -0.15) is 10.1 Å². The van der Waals surface area contributed by atoms with Gasteiger partial charge in [0.2, 0.25) is 0 Å². The molecule has 2 heterocycles. The molecule has 0 radical (unpaired) electrons. The van der Waals surface area contributed by atoms with Crippen molar-refractivity contribution >= 4 is 23.0 Å². The number of methoxy groups -OCH3 is 2. The third-order valence-electron chi connectivity index (χ3n) is 5.48. The SMILES string of the molecule is COc1ccc(-c2nc(C3CC(c4ccc(Cl)cc4)=NN3c3ccccc3)no2)cc1OC. The highest BCUT2D eigenvalue weighted by Gasteiger charge is 2.33. The molecule has 0 spiro atoms. The Hall–Kier alpha value is -3.84. The second kappa shape index (κ2) is 8.96. The van der Waals surface area contributed by atoms with E-state index in [9.17, 15) is 0 Å². The first-order valence-electron chi connectivity index (χ1n) is 10.4. The van der Waals surface area contributed by atoms with Gasteiger partial charge in [-0.25, -0.2) is 0 Å². The molecule has 5 rings (SSSR count). The molecule has 0 N–H and O–H groups in total. The maximum atomic E-state index is 6.07. The first-order valence-corrected chi connectivity index (χ1v) is 10.8. The van der Waals surface area contributed by atoms with Crippen LogP contribution in [0.25, 0.3) is 11.5 Å². The van der Waals surface area contributed by atoms with Crippen LogP contribution in [0.3, 0.4) is 0 Å². The number of benzene rings is 3. The summed E-state index contributed by atoms with van der Waals surface area (Å²) in [5.41, 5.74) is 3.63. The van der Waals surface area contributed by atoms with E-state index in [0.29, 0.717) is 34.7 Å². The highest BCUT2D eigenvalue weighted by molar-refractivity contribution is 6.30. The van der Waals surface area contributed by atoms with Gasteiger partial charge in [0, 0.05) is 17.0 Å². The highest BCUT2D eigenvalue weighted by Crippen LogP contribution is 2.37. The summed E-state index contributed by atoms with van der Waals surface area (Å²) in [7, 11) is 3.19. The fraction of sp³-hybridized carbons (Fsp3) is 0.160. The molecule has 166 valence electrons. The topological polar surface area (TPSA) is 73.0 Å². The molecular weight excluding hydrogens is 440 g/mol. The number of rotatable bonds is 6. The number of nitrogens with zero attached hydrogens (tertiary/aromatic N) is 4. The molecule has 1 aliphatic rings. The van der Waals surface area contributed by atoms with Crippen LogP contribution in [-0.4, -0.2) is 30.1 Å². The van der Waals surface area contributed by atoms with Gasteiger partial charge in [-0.15, -0.1) is 0 Å². The Labute approximate surface area is 196 Å². The predicted octanol–water partition coefficient (Wildman–Crippen LogP) is 5.76. The molecule has 0 bridgehead atoms. The zero-order chi connectivity index (χ0) is 22.8. The van der Waals surface area contributed by atoms with Gasteiger partial charge in [0.1, 0.15) is 6.04 Å². The Bertz CT molecular complexity index is 1290. The molecular formula is C25H21ClN4O3. The Morgan fingerprint density at radius 3 is 2.36 bits per heavy atom.